The van der Waals surface area contributed by atoms with Gasteiger partial charge in [-0.25, -0.2) is 5.43 Å². The van der Waals surface area contributed by atoms with E-state index in [2.05, 4.69) is 20.8 Å². The predicted molar refractivity (Wildman–Crippen MR) is 106 cm³/mol. The summed E-state index contributed by atoms with van der Waals surface area (Å²) in [6.45, 7) is 1.77. The van der Waals surface area contributed by atoms with Crippen molar-refractivity contribution in [2.45, 2.75) is 13.0 Å². The molecule has 2 N–H and O–H groups in total. The third-order valence-corrected chi connectivity index (χ3v) is 3.68. The Morgan fingerprint density at radius 1 is 1.04 bits per heavy atom. The Kier molecular flexibility index (Phi) is 6.14. The molecule has 0 radical (unpaired) electrons. The second kappa shape index (κ2) is 9.15. The van der Waals surface area contributed by atoms with Gasteiger partial charge in [-0.1, -0.05) is 24.3 Å². The third-order valence-electron chi connectivity index (χ3n) is 3.68. The molecule has 3 rings (SSSR count). The molecular weight excluding hydrogens is 340 g/mol. The lowest BCUT2D eigenvalue weighted by molar-refractivity contribution is -0.121. The summed E-state index contributed by atoms with van der Waals surface area (Å²) in [5, 5.41) is 7.10. The van der Waals surface area contributed by atoms with E-state index >= 15 is 0 Å². The molecule has 1 unspecified atom stereocenters. The van der Waals surface area contributed by atoms with Crippen LogP contribution < -0.4 is 15.5 Å². The Morgan fingerprint density at radius 2 is 1.78 bits per heavy atom. The van der Waals surface area contributed by atoms with Crippen LogP contribution >= 0.6 is 0 Å². The molecule has 0 aliphatic rings. The number of carbonyl (C=O) groups is 1. The van der Waals surface area contributed by atoms with Gasteiger partial charge in [-0.2, -0.15) is 5.10 Å². The smallest absolute Gasteiger partial charge is 0.262 e. The van der Waals surface area contributed by atoms with E-state index in [1.165, 1.54) is 0 Å². The van der Waals surface area contributed by atoms with Crippen LogP contribution in [0.4, 0.5) is 5.69 Å². The highest BCUT2D eigenvalue weighted by Gasteiger charge is 2.12. The zero-order chi connectivity index (χ0) is 18.9. The van der Waals surface area contributed by atoms with Gasteiger partial charge >= 0.3 is 0 Å². The van der Waals surface area contributed by atoms with Crippen molar-refractivity contribution >= 4 is 17.8 Å². The minimum absolute atomic E-state index is 0.241. The number of para-hydroxylation sites is 1. The fraction of sp³-hybridized carbons (Fsp3) is 0.0952. The molecule has 0 saturated carbocycles. The van der Waals surface area contributed by atoms with Gasteiger partial charge in [0, 0.05) is 24.1 Å². The fourth-order valence-corrected chi connectivity index (χ4v) is 2.31. The van der Waals surface area contributed by atoms with Crippen LogP contribution in [0.1, 0.15) is 12.5 Å². The molecule has 1 heterocycles. The van der Waals surface area contributed by atoms with Crippen molar-refractivity contribution in [2.24, 2.45) is 5.10 Å². The Labute approximate surface area is 157 Å². The summed E-state index contributed by atoms with van der Waals surface area (Å²) < 4.78 is 5.81. The van der Waals surface area contributed by atoms with Crippen LogP contribution in [-0.2, 0) is 4.79 Å². The highest BCUT2D eigenvalue weighted by atomic mass is 16.5. The van der Waals surface area contributed by atoms with E-state index in [1.807, 2.05) is 54.6 Å². The van der Waals surface area contributed by atoms with Crippen molar-refractivity contribution in [2.75, 3.05) is 5.32 Å². The Bertz CT molecular complexity index is 898. The lowest BCUT2D eigenvalue weighted by atomic mass is 10.2. The molecule has 27 heavy (non-hydrogen) atoms. The maximum absolute atomic E-state index is 12.2. The molecule has 2 aromatic carbocycles. The predicted octanol–water partition coefficient (Wildman–Crippen LogP) is 3.82. The van der Waals surface area contributed by atoms with Crippen LogP contribution in [-0.4, -0.2) is 23.1 Å². The summed E-state index contributed by atoms with van der Waals surface area (Å²) in [4.78, 5) is 16.1. The van der Waals surface area contributed by atoms with E-state index < -0.39 is 6.04 Å². The SMILES string of the molecule is CC(Nc1cccc(Oc2ccccc2)c1)C(=O)NN=Cc1ccncc1. The highest BCUT2D eigenvalue weighted by molar-refractivity contribution is 5.86. The zero-order valence-corrected chi connectivity index (χ0v) is 14.9. The average Bonchev–Trinajstić information content (AvgIpc) is 2.70. The number of aromatic nitrogens is 1. The number of anilines is 1. The lowest BCUT2D eigenvalue weighted by Gasteiger charge is -2.14. The Morgan fingerprint density at radius 3 is 2.56 bits per heavy atom. The topological polar surface area (TPSA) is 75.6 Å². The molecule has 0 aliphatic carbocycles. The van der Waals surface area contributed by atoms with Crippen molar-refractivity contribution in [1.82, 2.24) is 10.4 Å². The van der Waals surface area contributed by atoms with Crippen LogP contribution in [0.2, 0.25) is 0 Å². The van der Waals surface area contributed by atoms with E-state index in [-0.39, 0.29) is 5.91 Å². The normalized spacial score (nSPS) is 11.7. The van der Waals surface area contributed by atoms with E-state index in [9.17, 15) is 4.79 Å². The largest absolute Gasteiger partial charge is 0.457 e. The summed E-state index contributed by atoms with van der Waals surface area (Å²) in [5.41, 5.74) is 4.16. The van der Waals surface area contributed by atoms with Crippen molar-refractivity contribution in [3.8, 4) is 11.5 Å². The standard InChI is InChI=1S/C21H20N4O2/c1-16(21(26)25-23-15-17-10-12-22-13-11-17)24-18-6-5-9-20(14-18)27-19-7-3-2-4-8-19/h2-16,24H,1H3,(H,25,26). The van der Waals surface area contributed by atoms with Crippen LogP contribution in [0.5, 0.6) is 11.5 Å². The lowest BCUT2D eigenvalue weighted by Crippen LogP contribution is -2.34. The first-order chi connectivity index (χ1) is 13.2. The number of ether oxygens (including phenoxy) is 1. The molecule has 0 fully saturated rings. The van der Waals surface area contributed by atoms with Crippen molar-refractivity contribution < 1.29 is 9.53 Å². The molecule has 0 bridgehead atoms. The molecule has 0 aliphatic heterocycles. The Hall–Kier alpha value is -3.67. The number of hydrazone groups is 1. The molecule has 6 heteroatoms. The number of hydrogen-bond acceptors (Lipinski definition) is 5. The number of hydrogen-bond donors (Lipinski definition) is 2. The quantitative estimate of drug-likeness (QED) is 0.496. The number of nitrogens with one attached hydrogen (secondary N) is 2. The van der Waals surface area contributed by atoms with Crippen LogP contribution in [0.15, 0.2) is 84.2 Å². The number of amides is 1. The average molecular weight is 360 g/mol. The molecule has 1 amide bonds. The second-order valence-electron chi connectivity index (χ2n) is 5.82. The summed E-state index contributed by atoms with van der Waals surface area (Å²) in [5.74, 6) is 1.20. The summed E-state index contributed by atoms with van der Waals surface area (Å²) in [7, 11) is 0. The highest BCUT2D eigenvalue weighted by Crippen LogP contribution is 2.24. The maximum atomic E-state index is 12.2. The first-order valence-corrected chi connectivity index (χ1v) is 8.53. The van der Waals surface area contributed by atoms with Crippen molar-refractivity contribution in [3.05, 3.63) is 84.7 Å². The van der Waals surface area contributed by atoms with Gasteiger partial charge in [-0.3, -0.25) is 9.78 Å². The van der Waals surface area contributed by atoms with Crippen LogP contribution in [0.25, 0.3) is 0 Å². The molecule has 0 spiro atoms. The number of benzene rings is 2. The molecule has 6 nitrogen and oxygen atoms in total. The van der Waals surface area contributed by atoms with E-state index in [4.69, 9.17) is 4.74 Å². The minimum Gasteiger partial charge on any atom is -0.457 e. The molecule has 1 atom stereocenters. The number of rotatable bonds is 7. The van der Waals surface area contributed by atoms with Gasteiger partial charge in [-0.15, -0.1) is 0 Å². The zero-order valence-electron chi connectivity index (χ0n) is 14.9. The van der Waals surface area contributed by atoms with Crippen LogP contribution in [0, 0.1) is 0 Å². The molecule has 136 valence electrons. The first-order valence-electron chi connectivity index (χ1n) is 8.53. The van der Waals surface area contributed by atoms with Crippen molar-refractivity contribution in [3.63, 3.8) is 0 Å². The van der Waals surface area contributed by atoms with Crippen molar-refractivity contribution in [1.29, 1.82) is 0 Å². The van der Waals surface area contributed by atoms with E-state index in [0.717, 1.165) is 17.0 Å². The van der Waals surface area contributed by atoms with E-state index in [1.54, 1.807) is 37.7 Å². The van der Waals surface area contributed by atoms with Gasteiger partial charge < -0.3 is 10.1 Å². The summed E-state index contributed by atoms with van der Waals surface area (Å²) >= 11 is 0. The maximum Gasteiger partial charge on any atom is 0.262 e. The fourth-order valence-electron chi connectivity index (χ4n) is 2.31. The van der Waals surface area contributed by atoms with Gasteiger partial charge in [0.25, 0.3) is 5.91 Å². The number of pyridine rings is 1. The van der Waals surface area contributed by atoms with Gasteiger partial charge in [0.05, 0.1) is 6.21 Å². The summed E-state index contributed by atoms with van der Waals surface area (Å²) in [6, 6.07) is 20.1. The van der Waals surface area contributed by atoms with E-state index in [0.29, 0.717) is 5.75 Å². The molecular formula is C21H20N4O2. The first kappa shape index (κ1) is 18.1. The Balaban J connectivity index is 1.55. The number of carbonyl (C=O) groups excluding carboxylic acids is 1. The second-order valence-corrected chi connectivity index (χ2v) is 5.82. The van der Waals surface area contributed by atoms with Gasteiger partial charge in [0.1, 0.15) is 17.5 Å². The van der Waals surface area contributed by atoms with Crippen LogP contribution in [0.3, 0.4) is 0 Å². The molecule has 1 aromatic heterocycles. The molecule has 3 aromatic rings. The third kappa shape index (κ3) is 5.67. The van der Waals surface area contributed by atoms with Gasteiger partial charge in [-0.05, 0) is 48.9 Å². The molecule has 0 saturated heterocycles. The summed E-state index contributed by atoms with van der Waals surface area (Å²) in [6.07, 6.45) is 4.90. The van der Waals surface area contributed by atoms with Gasteiger partial charge in [0.15, 0.2) is 0 Å². The minimum atomic E-state index is -0.466. The van der Waals surface area contributed by atoms with Gasteiger partial charge in [0.2, 0.25) is 0 Å². The number of nitrogens with zero attached hydrogens (tertiary/aromatic N) is 2. The monoisotopic (exact) mass is 360 g/mol.